The summed E-state index contributed by atoms with van der Waals surface area (Å²) in [6, 6.07) is 5.36. The Hall–Kier alpha value is -2.66. The molecule has 3 heterocycles. The maximum absolute atomic E-state index is 12.8. The van der Waals surface area contributed by atoms with Gasteiger partial charge in [-0.25, -0.2) is 14.8 Å². The topological polar surface area (TPSA) is 95.2 Å². The second kappa shape index (κ2) is 8.60. The highest BCUT2D eigenvalue weighted by Gasteiger charge is 2.38. The van der Waals surface area contributed by atoms with E-state index in [1.807, 2.05) is 32.6 Å². The Morgan fingerprint density at radius 3 is 2.50 bits per heavy atom. The first-order valence-electron chi connectivity index (χ1n) is 10.2. The smallest absolute Gasteiger partial charge is 0.410 e. The summed E-state index contributed by atoms with van der Waals surface area (Å²) in [4.78, 5) is 29.9. The van der Waals surface area contributed by atoms with Crippen molar-refractivity contribution in [2.24, 2.45) is 0 Å². The van der Waals surface area contributed by atoms with E-state index in [4.69, 9.17) is 16.3 Å². The predicted octanol–water partition coefficient (Wildman–Crippen LogP) is 4.16. The molecule has 2 atom stereocenters. The van der Waals surface area contributed by atoms with Gasteiger partial charge >= 0.3 is 6.09 Å². The SMILES string of the molecule is CC[C@@H]1CN(c2nc(Cl)nc3ccc(C#N)nc23)[C@@H](CC)CN1C(=O)OC(C)(C)C. The first-order chi connectivity index (χ1) is 14.2. The van der Waals surface area contributed by atoms with Crippen molar-refractivity contribution < 1.29 is 9.53 Å². The number of ether oxygens (including phenoxy) is 1. The zero-order valence-electron chi connectivity index (χ0n) is 18.0. The predicted molar refractivity (Wildman–Crippen MR) is 116 cm³/mol. The number of aromatic nitrogens is 3. The molecule has 9 heteroatoms. The second-order valence-corrected chi connectivity index (χ2v) is 8.74. The number of carbonyl (C=O) groups excluding carboxylic acids is 1. The standard InChI is InChI=1S/C21H27ClN6O2/c1-6-14-12-28(20(29)30-21(3,4)5)15(7-2)11-27(14)18-17-16(25-19(22)26-18)9-8-13(10-23)24-17/h8-9,14-15H,6-7,11-12H2,1-5H3/t14-,15+/m0/s1. The molecule has 160 valence electrons. The van der Waals surface area contributed by atoms with E-state index in [2.05, 4.69) is 32.8 Å². The molecular weight excluding hydrogens is 404 g/mol. The Kier molecular flexibility index (Phi) is 6.32. The zero-order valence-corrected chi connectivity index (χ0v) is 18.8. The fourth-order valence-corrected chi connectivity index (χ4v) is 3.86. The highest BCUT2D eigenvalue weighted by atomic mass is 35.5. The number of nitrogens with zero attached hydrogens (tertiary/aromatic N) is 6. The van der Waals surface area contributed by atoms with Crippen LogP contribution in [0.25, 0.3) is 11.0 Å². The van der Waals surface area contributed by atoms with Gasteiger partial charge in [-0.2, -0.15) is 10.2 Å². The van der Waals surface area contributed by atoms with Gasteiger partial charge in [-0.3, -0.25) is 0 Å². The van der Waals surface area contributed by atoms with Crippen molar-refractivity contribution in [2.75, 3.05) is 18.0 Å². The van der Waals surface area contributed by atoms with Crippen LogP contribution in [-0.2, 0) is 4.74 Å². The van der Waals surface area contributed by atoms with Crippen molar-refractivity contribution in [1.29, 1.82) is 5.26 Å². The minimum Gasteiger partial charge on any atom is -0.444 e. The summed E-state index contributed by atoms with van der Waals surface area (Å²) in [5.41, 5.74) is 0.864. The van der Waals surface area contributed by atoms with Crippen molar-refractivity contribution >= 4 is 34.5 Å². The van der Waals surface area contributed by atoms with Crippen LogP contribution in [0.4, 0.5) is 10.6 Å². The molecule has 2 aromatic heterocycles. The Bertz CT molecular complexity index is 984. The highest BCUT2D eigenvalue weighted by molar-refractivity contribution is 6.28. The summed E-state index contributed by atoms with van der Waals surface area (Å²) in [6.45, 7) is 10.8. The number of carbonyl (C=O) groups is 1. The van der Waals surface area contributed by atoms with Crippen LogP contribution in [0.2, 0.25) is 5.28 Å². The molecule has 0 bridgehead atoms. The average molecular weight is 431 g/mol. The van der Waals surface area contributed by atoms with Gasteiger partial charge in [-0.1, -0.05) is 13.8 Å². The summed E-state index contributed by atoms with van der Waals surface area (Å²) >= 11 is 6.20. The van der Waals surface area contributed by atoms with E-state index in [-0.39, 0.29) is 23.5 Å². The van der Waals surface area contributed by atoms with E-state index >= 15 is 0 Å². The normalized spacial score (nSPS) is 19.6. The molecule has 3 rings (SSSR count). The Labute approximate surface area is 181 Å². The lowest BCUT2D eigenvalue weighted by Gasteiger charge is -2.46. The minimum absolute atomic E-state index is 0.00188. The third-order valence-corrected chi connectivity index (χ3v) is 5.32. The molecule has 1 aliphatic heterocycles. The molecule has 0 aliphatic carbocycles. The monoisotopic (exact) mass is 430 g/mol. The van der Waals surface area contributed by atoms with Crippen LogP contribution >= 0.6 is 11.6 Å². The van der Waals surface area contributed by atoms with Gasteiger partial charge in [-0.05, 0) is 57.3 Å². The number of fused-ring (bicyclic) bond motifs is 1. The third-order valence-electron chi connectivity index (χ3n) is 5.15. The lowest BCUT2D eigenvalue weighted by molar-refractivity contribution is 0.00984. The number of pyridine rings is 1. The fourth-order valence-electron chi connectivity index (χ4n) is 3.69. The van der Waals surface area contributed by atoms with Crippen molar-refractivity contribution in [3.8, 4) is 6.07 Å². The van der Waals surface area contributed by atoms with Crippen molar-refractivity contribution in [1.82, 2.24) is 19.9 Å². The van der Waals surface area contributed by atoms with Gasteiger partial charge in [-0.15, -0.1) is 0 Å². The van der Waals surface area contributed by atoms with Gasteiger partial charge in [0.1, 0.15) is 22.9 Å². The molecule has 30 heavy (non-hydrogen) atoms. The van der Waals surface area contributed by atoms with Crippen LogP contribution in [-0.4, -0.2) is 56.7 Å². The maximum Gasteiger partial charge on any atom is 0.410 e. The lowest BCUT2D eigenvalue weighted by Crippen LogP contribution is -2.60. The molecule has 0 radical (unpaired) electrons. The van der Waals surface area contributed by atoms with Gasteiger partial charge in [0.2, 0.25) is 5.28 Å². The minimum atomic E-state index is -0.553. The number of nitriles is 1. The molecule has 0 unspecified atom stereocenters. The quantitative estimate of drug-likeness (QED) is 0.674. The van der Waals surface area contributed by atoms with E-state index in [0.29, 0.717) is 35.6 Å². The van der Waals surface area contributed by atoms with Gasteiger partial charge in [0.25, 0.3) is 0 Å². The summed E-state index contributed by atoms with van der Waals surface area (Å²) in [6.07, 6.45) is 1.25. The highest BCUT2D eigenvalue weighted by Crippen LogP contribution is 2.31. The molecule has 1 saturated heterocycles. The summed E-state index contributed by atoms with van der Waals surface area (Å²) in [5.74, 6) is 0.594. The molecular formula is C21H27ClN6O2. The van der Waals surface area contributed by atoms with E-state index in [1.165, 1.54) is 0 Å². The van der Waals surface area contributed by atoms with Crippen LogP contribution in [0, 0.1) is 11.3 Å². The Balaban J connectivity index is 2.01. The Morgan fingerprint density at radius 1 is 1.20 bits per heavy atom. The molecule has 1 aliphatic rings. The van der Waals surface area contributed by atoms with E-state index in [0.717, 1.165) is 12.8 Å². The number of piperazine rings is 1. The first-order valence-corrected chi connectivity index (χ1v) is 10.5. The lowest BCUT2D eigenvalue weighted by atomic mass is 10.0. The summed E-state index contributed by atoms with van der Waals surface area (Å²) in [7, 11) is 0. The van der Waals surface area contributed by atoms with Crippen LogP contribution < -0.4 is 4.90 Å². The molecule has 0 aromatic carbocycles. The van der Waals surface area contributed by atoms with Gasteiger partial charge in [0.15, 0.2) is 5.82 Å². The molecule has 8 nitrogen and oxygen atoms in total. The molecule has 0 N–H and O–H groups in total. The van der Waals surface area contributed by atoms with Crippen LogP contribution in [0.1, 0.15) is 53.2 Å². The number of rotatable bonds is 3. The van der Waals surface area contributed by atoms with Crippen molar-refractivity contribution in [3.05, 3.63) is 23.1 Å². The van der Waals surface area contributed by atoms with E-state index < -0.39 is 5.60 Å². The number of hydrogen-bond donors (Lipinski definition) is 0. The largest absolute Gasteiger partial charge is 0.444 e. The van der Waals surface area contributed by atoms with Crippen LogP contribution in [0.3, 0.4) is 0 Å². The fraction of sp³-hybridized carbons (Fsp3) is 0.571. The summed E-state index contributed by atoms with van der Waals surface area (Å²) < 4.78 is 5.64. The number of amides is 1. The van der Waals surface area contributed by atoms with Crippen molar-refractivity contribution in [3.63, 3.8) is 0 Å². The second-order valence-electron chi connectivity index (χ2n) is 8.40. The maximum atomic E-state index is 12.8. The first kappa shape index (κ1) is 22.0. The van der Waals surface area contributed by atoms with E-state index in [1.54, 1.807) is 12.1 Å². The van der Waals surface area contributed by atoms with Crippen molar-refractivity contribution in [2.45, 2.75) is 65.1 Å². The number of anilines is 1. The molecule has 2 aromatic rings. The molecule has 1 amide bonds. The molecule has 0 spiro atoms. The number of hydrogen-bond acceptors (Lipinski definition) is 7. The zero-order chi connectivity index (χ0) is 22.1. The molecule has 1 fully saturated rings. The molecule has 0 saturated carbocycles. The summed E-state index contributed by atoms with van der Waals surface area (Å²) in [5, 5.41) is 9.40. The van der Waals surface area contributed by atoms with E-state index in [9.17, 15) is 10.1 Å². The van der Waals surface area contributed by atoms with Gasteiger partial charge < -0.3 is 14.5 Å². The number of halogens is 1. The van der Waals surface area contributed by atoms with Gasteiger partial charge in [0.05, 0.1) is 11.6 Å². The van der Waals surface area contributed by atoms with Gasteiger partial charge in [0, 0.05) is 19.1 Å². The Morgan fingerprint density at radius 2 is 1.90 bits per heavy atom. The average Bonchev–Trinajstić information content (AvgIpc) is 2.70. The third kappa shape index (κ3) is 4.57. The van der Waals surface area contributed by atoms with Crippen LogP contribution in [0.15, 0.2) is 12.1 Å². The van der Waals surface area contributed by atoms with Crippen LogP contribution in [0.5, 0.6) is 0 Å².